The monoisotopic (exact) mass is 382 g/mol. The second-order valence-electron chi connectivity index (χ2n) is 8.49. The van der Waals surface area contributed by atoms with Crippen molar-refractivity contribution in [2.45, 2.75) is 39.0 Å². The van der Waals surface area contributed by atoms with Crippen molar-refractivity contribution in [3.63, 3.8) is 0 Å². The first kappa shape index (κ1) is 17.9. The van der Waals surface area contributed by atoms with Gasteiger partial charge in [0.25, 0.3) is 0 Å². The molecule has 150 valence electrons. The number of nitrogens with zero attached hydrogens (tertiary/aromatic N) is 5. The lowest BCUT2D eigenvalue weighted by Gasteiger charge is -2.44. The quantitative estimate of drug-likeness (QED) is 0.872. The third-order valence-corrected chi connectivity index (χ3v) is 6.82. The Hall–Kier alpha value is -2.15. The third-order valence-electron chi connectivity index (χ3n) is 6.82. The highest BCUT2D eigenvalue weighted by Gasteiger charge is 2.38. The zero-order chi connectivity index (χ0) is 19.1. The molecule has 0 radical (unpaired) electrons. The van der Waals surface area contributed by atoms with Crippen LogP contribution in [0.15, 0.2) is 12.3 Å². The van der Waals surface area contributed by atoms with Crippen molar-refractivity contribution in [3.05, 3.63) is 23.5 Å². The number of fused-ring (bicyclic) bond motifs is 2. The molecular formula is C21H30N6O. The fraction of sp³-hybridized carbons (Fsp3) is 0.667. The Bertz CT molecular complexity index is 863. The molecule has 7 heteroatoms. The summed E-state index contributed by atoms with van der Waals surface area (Å²) in [5.41, 5.74) is 3.40. The second-order valence-corrected chi connectivity index (χ2v) is 8.49. The Morgan fingerprint density at radius 1 is 1.21 bits per heavy atom. The first-order valence-electron chi connectivity index (χ1n) is 10.8. The van der Waals surface area contributed by atoms with Crippen LogP contribution in [0, 0.1) is 11.8 Å². The topological polar surface area (TPSA) is 65.8 Å². The number of piperidine rings is 1. The second kappa shape index (κ2) is 7.35. The number of aromatic nitrogens is 3. The van der Waals surface area contributed by atoms with Crippen LogP contribution in [0.4, 0.5) is 5.82 Å². The average molecular weight is 383 g/mol. The third kappa shape index (κ3) is 3.05. The van der Waals surface area contributed by atoms with Gasteiger partial charge in [0.1, 0.15) is 5.82 Å². The van der Waals surface area contributed by atoms with Gasteiger partial charge in [-0.3, -0.25) is 4.79 Å². The predicted molar refractivity (Wildman–Crippen MR) is 109 cm³/mol. The molecule has 3 aliphatic rings. The molecule has 0 aromatic carbocycles. The smallest absolute Gasteiger partial charge is 0.229 e. The van der Waals surface area contributed by atoms with Crippen LogP contribution in [0.2, 0.25) is 0 Å². The van der Waals surface area contributed by atoms with Crippen molar-refractivity contribution in [2.75, 3.05) is 44.2 Å². The Labute approximate surface area is 166 Å². The largest absolute Gasteiger partial charge is 0.354 e. The zero-order valence-electron chi connectivity index (χ0n) is 16.7. The molecule has 0 spiro atoms. The average Bonchev–Trinajstić information content (AvgIpc) is 3.03. The van der Waals surface area contributed by atoms with E-state index in [1.54, 1.807) is 0 Å². The molecule has 5 rings (SSSR count). The number of likely N-dealkylation sites (tertiary alicyclic amines) is 1. The van der Waals surface area contributed by atoms with Crippen molar-refractivity contribution < 1.29 is 4.79 Å². The summed E-state index contributed by atoms with van der Waals surface area (Å²) in [5.74, 6) is 2.43. The maximum atomic E-state index is 13.0. The van der Waals surface area contributed by atoms with Gasteiger partial charge in [-0.2, -0.15) is 9.61 Å². The van der Waals surface area contributed by atoms with Gasteiger partial charge in [0.15, 0.2) is 5.65 Å². The van der Waals surface area contributed by atoms with Gasteiger partial charge >= 0.3 is 0 Å². The minimum Gasteiger partial charge on any atom is -0.354 e. The van der Waals surface area contributed by atoms with Crippen molar-refractivity contribution >= 4 is 17.4 Å². The lowest BCUT2D eigenvalue weighted by atomic mass is 9.91. The van der Waals surface area contributed by atoms with Crippen LogP contribution in [0.3, 0.4) is 0 Å². The number of hydrogen-bond donors (Lipinski definition) is 1. The maximum Gasteiger partial charge on any atom is 0.229 e. The predicted octanol–water partition coefficient (Wildman–Crippen LogP) is 1.50. The molecule has 2 saturated heterocycles. The maximum absolute atomic E-state index is 13.0. The van der Waals surface area contributed by atoms with Gasteiger partial charge in [-0.05, 0) is 31.7 Å². The summed E-state index contributed by atoms with van der Waals surface area (Å²) in [6.45, 7) is 7.67. The molecule has 5 heterocycles. The molecule has 1 N–H and O–H groups in total. The number of amides is 1. The number of hydrogen-bond acceptors (Lipinski definition) is 5. The van der Waals surface area contributed by atoms with Crippen LogP contribution in [-0.2, 0) is 17.6 Å². The molecule has 0 aliphatic carbocycles. The summed E-state index contributed by atoms with van der Waals surface area (Å²) >= 11 is 0. The summed E-state index contributed by atoms with van der Waals surface area (Å²) in [6, 6.07) is 1.97. The van der Waals surface area contributed by atoms with E-state index in [0.717, 1.165) is 82.3 Å². The van der Waals surface area contributed by atoms with Gasteiger partial charge in [-0.1, -0.05) is 13.3 Å². The normalized spacial score (nSPS) is 21.5. The minimum atomic E-state index is 0.122. The van der Waals surface area contributed by atoms with Crippen LogP contribution < -0.4 is 10.2 Å². The Morgan fingerprint density at radius 3 is 2.79 bits per heavy atom. The van der Waals surface area contributed by atoms with Crippen molar-refractivity contribution in [1.82, 2.24) is 24.8 Å². The SMILES string of the molecule is CCC1CCN(C(=O)C2CN(c3c4c(nc5ccnn35)CCNCC4)C2)CC1. The van der Waals surface area contributed by atoms with E-state index in [9.17, 15) is 4.79 Å². The molecule has 1 amide bonds. The molecule has 3 aliphatic heterocycles. The molecular weight excluding hydrogens is 352 g/mol. The summed E-state index contributed by atoms with van der Waals surface area (Å²) in [4.78, 5) is 22.2. The minimum absolute atomic E-state index is 0.122. The number of rotatable bonds is 3. The van der Waals surface area contributed by atoms with E-state index in [4.69, 9.17) is 4.98 Å². The summed E-state index contributed by atoms with van der Waals surface area (Å²) < 4.78 is 1.97. The van der Waals surface area contributed by atoms with Crippen molar-refractivity contribution in [3.8, 4) is 0 Å². The lowest BCUT2D eigenvalue weighted by Crippen LogP contribution is -2.56. The van der Waals surface area contributed by atoms with E-state index in [1.165, 1.54) is 17.7 Å². The number of nitrogens with one attached hydrogen (secondary N) is 1. The molecule has 2 aromatic heterocycles. The van der Waals surface area contributed by atoms with E-state index >= 15 is 0 Å². The fourth-order valence-electron chi connectivity index (χ4n) is 4.97. The van der Waals surface area contributed by atoms with E-state index in [-0.39, 0.29) is 5.92 Å². The molecule has 0 atom stereocenters. The van der Waals surface area contributed by atoms with Gasteiger partial charge in [-0.25, -0.2) is 4.98 Å². The zero-order valence-corrected chi connectivity index (χ0v) is 16.7. The fourth-order valence-corrected chi connectivity index (χ4v) is 4.97. The molecule has 0 saturated carbocycles. The highest BCUT2D eigenvalue weighted by atomic mass is 16.2. The standard InChI is InChI=1S/C21H30N6O/c1-2-15-6-11-25(12-7-15)21(28)16-13-26(14-16)20-17-3-8-22-9-4-18(17)24-19-5-10-23-27(19)20/h5,10,15-16,22H,2-4,6-9,11-14H2,1H3. The summed E-state index contributed by atoms with van der Waals surface area (Å²) in [6.07, 6.45) is 7.30. The molecule has 2 fully saturated rings. The lowest BCUT2D eigenvalue weighted by molar-refractivity contribution is -0.137. The molecule has 7 nitrogen and oxygen atoms in total. The van der Waals surface area contributed by atoms with Gasteiger partial charge < -0.3 is 15.1 Å². The molecule has 2 aromatic rings. The summed E-state index contributed by atoms with van der Waals surface area (Å²) in [5, 5.41) is 8.01. The van der Waals surface area contributed by atoms with Crippen molar-refractivity contribution in [1.29, 1.82) is 0 Å². The van der Waals surface area contributed by atoms with Gasteiger partial charge in [0.2, 0.25) is 5.91 Å². The van der Waals surface area contributed by atoms with Crippen LogP contribution >= 0.6 is 0 Å². The van der Waals surface area contributed by atoms with E-state index in [1.807, 2.05) is 16.8 Å². The van der Waals surface area contributed by atoms with Crippen LogP contribution in [-0.4, -0.2) is 64.7 Å². The van der Waals surface area contributed by atoms with Gasteiger partial charge in [0.05, 0.1) is 17.8 Å². The van der Waals surface area contributed by atoms with E-state index in [2.05, 4.69) is 27.1 Å². The van der Waals surface area contributed by atoms with Crippen LogP contribution in [0.25, 0.3) is 5.65 Å². The first-order chi connectivity index (χ1) is 13.7. The highest BCUT2D eigenvalue weighted by Crippen LogP contribution is 2.32. The number of anilines is 1. The Balaban J connectivity index is 1.33. The number of carbonyl (C=O) groups excluding carboxylic acids is 1. The Kier molecular flexibility index (Phi) is 4.70. The van der Waals surface area contributed by atoms with E-state index < -0.39 is 0 Å². The number of carbonyl (C=O) groups is 1. The molecule has 0 bridgehead atoms. The Morgan fingerprint density at radius 2 is 2.00 bits per heavy atom. The van der Waals surface area contributed by atoms with Gasteiger partial charge in [0, 0.05) is 50.8 Å². The summed E-state index contributed by atoms with van der Waals surface area (Å²) in [7, 11) is 0. The van der Waals surface area contributed by atoms with Crippen LogP contribution in [0.5, 0.6) is 0 Å². The van der Waals surface area contributed by atoms with E-state index in [0.29, 0.717) is 5.91 Å². The van der Waals surface area contributed by atoms with Crippen molar-refractivity contribution in [2.24, 2.45) is 11.8 Å². The first-order valence-corrected chi connectivity index (χ1v) is 10.8. The molecule has 0 unspecified atom stereocenters. The highest BCUT2D eigenvalue weighted by molar-refractivity contribution is 5.82. The van der Waals surface area contributed by atoms with Crippen LogP contribution in [0.1, 0.15) is 37.4 Å². The van der Waals surface area contributed by atoms with Gasteiger partial charge in [-0.15, -0.1) is 0 Å². The molecule has 28 heavy (non-hydrogen) atoms.